The van der Waals surface area contributed by atoms with Crippen LogP contribution in [0.5, 0.6) is 0 Å². The highest BCUT2D eigenvalue weighted by molar-refractivity contribution is 6.08. The minimum Gasteiger partial charge on any atom is -0.451 e. The van der Waals surface area contributed by atoms with Crippen LogP contribution in [0.4, 0.5) is 10.5 Å². The van der Waals surface area contributed by atoms with Crippen LogP contribution in [0.2, 0.25) is 0 Å². The number of esters is 1. The van der Waals surface area contributed by atoms with E-state index in [4.69, 9.17) is 9.15 Å². The fourth-order valence-corrected chi connectivity index (χ4v) is 4.79. The SMILES string of the molecule is CC(OC(=O)CN1C(=O)NC2(CCC(C(C)(C)C)CC2)C1=O)c1nnc(-c2ccc([N+](=O)[O-])cc2)o1. The number of ether oxygens (including phenoxy) is 1. The van der Waals surface area contributed by atoms with Crippen molar-refractivity contribution in [3.05, 3.63) is 40.3 Å². The summed E-state index contributed by atoms with van der Waals surface area (Å²) >= 11 is 0. The minimum absolute atomic E-state index is 0.00544. The first kappa shape index (κ1) is 25.3. The van der Waals surface area contributed by atoms with Gasteiger partial charge in [-0.2, -0.15) is 0 Å². The highest BCUT2D eigenvalue weighted by atomic mass is 16.6. The van der Waals surface area contributed by atoms with Crippen LogP contribution in [-0.2, 0) is 14.3 Å². The lowest BCUT2D eigenvalue weighted by atomic mass is 9.67. The molecule has 1 N–H and O–H groups in total. The van der Waals surface area contributed by atoms with Crippen molar-refractivity contribution in [2.75, 3.05) is 6.54 Å². The average Bonchev–Trinajstić information content (AvgIpc) is 3.39. The van der Waals surface area contributed by atoms with Gasteiger partial charge in [-0.05, 0) is 56.1 Å². The van der Waals surface area contributed by atoms with Crippen LogP contribution >= 0.6 is 0 Å². The molecule has 0 bridgehead atoms. The number of benzene rings is 1. The van der Waals surface area contributed by atoms with Gasteiger partial charge >= 0.3 is 12.0 Å². The minimum atomic E-state index is -0.961. The van der Waals surface area contributed by atoms with Crippen LogP contribution in [-0.4, -0.2) is 50.0 Å². The van der Waals surface area contributed by atoms with Crippen molar-refractivity contribution in [3.63, 3.8) is 0 Å². The zero-order chi connectivity index (χ0) is 26.3. The lowest BCUT2D eigenvalue weighted by Crippen LogP contribution is -2.50. The van der Waals surface area contributed by atoms with Crippen molar-refractivity contribution in [3.8, 4) is 11.5 Å². The Morgan fingerprint density at radius 3 is 2.47 bits per heavy atom. The topological polar surface area (TPSA) is 158 Å². The van der Waals surface area contributed by atoms with E-state index in [1.165, 1.54) is 31.2 Å². The van der Waals surface area contributed by atoms with Crippen molar-refractivity contribution in [1.29, 1.82) is 0 Å². The van der Waals surface area contributed by atoms with E-state index in [0.717, 1.165) is 17.7 Å². The number of urea groups is 1. The number of imide groups is 1. The molecule has 2 aliphatic rings. The number of non-ortho nitro benzene ring substituents is 1. The molecule has 12 nitrogen and oxygen atoms in total. The first-order chi connectivity index (χ1) is 16.9. The van der Waals surface area contributed by atoms with E-state index in [9.17, 15) is 24.5 Å². The number of aromatic nitrogens is 2. The normalized spacial score (nSPS) is 23.0. The van der Waals surface area contributed by atoms with Gasteiger partial charge in [0.25, 0.3) is 17.5 Å². The van der Waals surface area contributed by atoms with Crippen molar-refractivity contribution >= 4 is 23.6 Å². The summed E-state index contributed by atoms with van der Waals surface area (Å²) in [5.74, 6) is -0.627. The van der Waals surface area contributed by atoms with Gasteiger partial charge in [0.15, 0.2) is 6.10 Å². The maximum absolute atomic E-state index is 13.1. The Hall–Kier alpha value is -3.83. The molecule has 1 aliphatic carbocycles. The first-order valence-corrected chi connectivity index (χ1v) is 11.8. The zero-order valence-electron chi connectivity index (χ0n) is 20.6. The molecule has 0 radical (unpaired) electrons. The second-order valence-corrected chi connectivity index (χ2v) is 10.4. The summed E-state index contributed by atoms with van der Waals surface area (Å²) < 4.78 is 10.9. The molecule has 1 unspecified atom stereocenters. The van der Waals surface area contributed by atoms with Gasteiger partial charge in [-0.25, -0.2) is 4.79 Å². The smallest absolute Gasteiger partial charge is 0.327 e. The predicted molar refractivity (Wildman–Crippen MR) is 125 cm³/mol. The third-order valence-corrected chi connectivity index (χ3v) is 7.02. The average molecular weight is 500 g/mol. The second-order valence-electron chi connectivity index (χ2n) is 10.4. The number of carbonyl (C=O) groups is 3. The monoisotopic (exact) mass is 499 g/mol. The lowest BCUT2D eigenvalue weighted by Gasteiger charge is -2.40. The van der Waals surface area contributed by atoms with Crippen molar-refractivity contribution in [2.45, 2.75) is 65.0 Å². The molecule has 1 saturated carbocycles. The van der Waals surface area contributed by atoms with Crippen molar-refractivity contribution in [1.82, 2.24) is 20.4 Å². The Kier molecular flexibility index (Phi) is 6.54. The number of nitro groups is 1. The molecule has 2 fully saturated rings. The van der Waals surface area contributed by atoms with Crippen LogP contribution in [0.1, 0.15) is 65.4 Å². The van der Waals surface area contributed by atoms with Crippen molar-refractivity contribution in [2.24, 2.45) is 11.3 Å². The molecule has 36 heavy (non-hydrogen) atoms. The van der Waals surface area contributed by atoms with Crippen LogP contribution in [0.25, 0.3) is 11.5 Å². The number of hydrogen-bond acceptors (Lipinski definition) is 9. The summed E-state index contributed by atoms with van der Waals surface area (Å²) in [6.07, 6.45) is 1.77. The fraction of sp³-hybridized carbons (Fsp3) is 0.542. The Morgan fingerprint density at radius 2 is 1.89 bits per heavy atom. The largest absolute Gasteiger partial charge is 0.451 e. The van der Waals surface area contributed by atoms with Gasteiger partial charge in [-0.3, -0.25) is 24.6 Å². The summed E-state index contributed by atoms with van der Waals surface area (Å²) in [7, 11) is 0. The molecule has 3 amide bonds. The number of nitro benzene ring substituents is 1. The summed E-state index contributed by atoms with van der Waals surface area (Å²) in [5, 5.41) is 21.4. The number of rotatable bonds is 6. The number of carbonyl (C=O) groups excluding carboxylic acids is 3. The van der Waals surface area contributed by atoms with Crippen LogP contribution < -0.4 is 5.32 Å². The standard InChI is InChI=1S/C24H29N5O7/c1-14(19-26-27-20(36-19)15-5-7-17(8-6-15)29(33)34)35-18(30)13-28-21(31)24(25-22(28)32)11-9-16(10-12-24)23(2,3)4/h5-8,14,16H,9-13H2,1-4H3,(H,25,32). The van der Waals surface area contributed by atoms with E-state index in [-0.39, 0.29) is 22.9 Å². The Labute approximate surface area is 207 Å². The maximum atomic E-state index is 13.1. The van der Waals surface area contributed by atoms with E-state index in [0.29, 0.717) is 24.3 Å². The summed E-state index contributed by atoms with van der Waals surface area (Å²) in [4.78, 5) is 49.4. The molecule has 2 aromatic rings. The van der Waals surface area contributed by atoms with Gasteiger partial charge in [0.2, 0.25) is 5.89 Å². The van der Waals surface area contributed by atoms with E-state index in [1.54, 1.807) is 0 Å². The Balaban J connectivity index is 1.35. The van der Waals surface area contributed by atoms with Crippen molar-refractivity contribution < 1.29 is 28.5 Å². The van der Waals surface area contributed by atoms with Gasteiger partial charge in [0.1, 0.15) is 12.1 Å². The van der Waals surface area contributed by atoms with E-state index in [2.05, 4.69) is 36.3 Å². The molecule has 1 aromatic carbocycles. The third-order valence-electron chi connectivity index (χ3n) is 7.02. The Bertz CT molecular complexity index is 1180. The molecule has 1 aliphatic heterocycles. The summed E-state index contributed by atoms with van der Waals surface area (Å²) in [6, 6.07) is 4.95. The first-order valence-electron chi connectivity index (χ1n) is 11.8. The lowest BCUT2D eigenvalue weighted by molar-refractivity contribution is -0.384. The molecule has 192 valence electrons. The highest BCUT2D eigenvalue weighted by Crippen LogP contribution is 2.43. The number of nitrogens with zero attached hydrogens (tertiary/aromatic N) is 4. The van der Waals surface area contributed by atoms with Gasteiger partial charge in [0, 0.05) is 17.7 Å². The number of hydrogen-bond donors (Lipinski definition) is 1. The fourth-order valence-electron chi connectivity index (χ4n) is 4.79. The third kappa shape index (κ3) is 4.93. The zero-order valence-corrected chi connectivity index (χ0v) is 20.6. The molecule has 12 heteroatoms. The molecule has 1 spiro atoms. The van der Waals surface area contributed by atoms with Gasteiger partial charge in [-0.1, -0.05) is 20.8 Å². The highest BCUT2D eigenvalue weighted by Gasteiger charge is 2.53. The Morgan fingerprint density at radius 1 is 1.25 bits per heavy atom. The van der Waals surface area contributed by atoms with E-state index >= 15 is 0 Å². The summed E-state index contributed by atoms with van der Waals surface area (Å²) in [5.41, 5.74) is -0.453. The van der Waals surface area contributed by atoms with Crippen LogP contribution in [0, 0.1) is 21.4 Å². The number of amides is 3. The number of nitrogens with one attached hydrogen (secondary N) is 1. The molecule has 4 rings (SSSR count). The predicted octanol–water partition coefficient (Wildman–Crippen LogP) is 3.78. The summed E-state index contributed by atoms with van der Waals surface area (Å²) in [6.45, 7) is 7.51. The molecule has 2 heterocycles. The molecule has 1 aromatic heterocycles. The quantitative estimate of drug-likeness (QED) is 0.270. The molecule has 1 saturated heterocycles. The second kappa shape index (κ2) is 9.32. The van der Waals surface area contributed by atoms with E-state index in [1.807, 2.05) is 0 Å². The van der Waals surface area contributed by atoms with Gasteiger partial charge in [-0.15, -0.1) is 10.2 Å². The van der Waals surface area contributed by atoms with Gasteiger partial charge in [0.05, 0.1) is 4.92 Å². The molecule has 1 atom stereocenters. The van der Waals surface area contributed by atoms with E-state index < -0.39 is 41.0 Å². The van der Waals surface area contributed by atoms with Gasteiger partial charge < -0.3 is 14.5 Å². The van der Waals surface area contributed by atoms with Crippen LogP contribution in [0.15, 0.2) is 28.7 Å². The van der Waals surface area contributed by atoms with Crippen LogP contribution in [0.3, 0.4) is 0 Å². The molecular formula is C24H29N5O7. The maximum Gasteiger partial charge on any atom is 0.327 e. The molecular weight excluding hydrogens is 470 g/mol.